The van der Waals surface area contributed by atoms with E-state index in [1.165, 1.54) is 24.1 Å². The van der Waals surface area contributed by atoms with Crippen LogP contribution in [0.15, 0.2) is 40.9 Å². The third-order valence-electron chi connectivity index (χ3n) is 4.72. The molecule has 1 atom stereocenters. The predicted octanol–water partition coefficient (Wildman–Crippen LogP) is 3.19. The normalized spacial score (nSPS) is 18.1. The van der Waals surface area contributed by atoms with Crippen LogP contribution < -0.4 is 9.64 Å². The number of nitro benzene ring substituents is 1. The fourth-order valence-corrected chi connectivity index (χ4v) is 3.71. The number of ether oxygens (including phenoxy) is 1. The van der Waals surface area contributed by atoms with E-state index in [2.05, 4.69) is 15.9 Å². The minimum Gasteiger partial charge on any atom is -0.490 e. The number of benzene rings is 2. The number of Topliss-reactive ketones (excluding diaryl/α,β-unsaturated/α-hetero) is 1. The van der Waals surface area contributed by atoms with Gasteiger partial charge in [-0.2, -0.15) is 0 Å². The van der Waals surface area contributed by atoms with Gasteiger partial charge in [0.2, 0.25) is 0 Å². The van der Waals surface area contributed by atoms with Crippen LogP contribution in [0.5, 0.6) is 5.75 Å². The molecular formula is C19H17BrN2O6. The van der Waals surface area contributed by atoms with Crippen LogP contribution in [0.3, 0.4) is 0 Å². The molecule has 1 aliphatic rings. The number of nitrogens with zero attached hydrogens (tertiary/aromatic N) is 2. The Morgan fingerprint density at radius 1 is 1.32 bits per heavy atom. The number of fused-ring (bicyclic) bond motifs is 1. The van der Waals surface area contributed by atoms with Crippen LogP contribution in [0.1, 0.15) is 29.3 Å². The van der Waals surface area contributed by atoms with Crippen molar-refractivity contribution in [1.82, 2.24) is 0 Å². The smallest absolute Gasteiger partial charge is 0.311 e. The van der Waals surface area contributed by atoms with E-state index >= 15 is 0 Å². The number of halogens is 1. The zero-order valence-corrected chi connectivity index (χ0v) is 16.7. The van der Waals surface area contributed by atoms with E-state index in [1.54, 1.807) is 25.1 Å². The zero-order valence-electron chi connectivity index (χ0n) is 15.1. The lowest BCUT2D eigenvalue weighted by molar-refractivity contribution is -0.385. The Hall–Kier alpha value is -2.78. The highest BCUT2D eigenvalue weighted by atomic mass is 79.9. The first kappa shape index (κ1) is 20.0. The second-order valence-corrected chi connectivity index (χ2v) is 7.23. The van der Waals surface area contributed by atoms with Gasteiger partial charge in [0.05, 0.1) is 24.1 Å². The zero-order chi connectivity index (χ0) is 20.6. The highest BCUT2D eigenvalue weighted by molar-refractivity contribution is 9.10. The number of methoxy groups -OCH3 is 1. The molecule has 0 unspecified atom stereocenters. The molecule has 0 saturated carbocycles. The van der Waals surface area contributed by atoms with E-state index in [1.807, 2.05) is 0 Å². The highest BCUT2D eigenvalue weighted by Gasteiger charge is 2.50. The Kier molecular flexibility index (Phi) is 5.22. The maximum absolute atomic E-state index is 12.8. The molecule has 0 fully saturated rings. The molecule has 28 heavy (non-hydrogen) atoms. The Balaban J connectivity index is 2.00. The molecule has 1 heterocycles. The number of amides is 1. The number of hydrogen-bond donors (Lipinski definition) is 1. The predicted molar refractivity (Wildman–Crippen MR) is 105 cm³/mol. The lowest BCUT2D eigenvalue weighted by Gasteiger charge is -2.22. The van der Waals surface area contributed by atoms with Crippen molar-refractivity contribution in [3.05, 3.63) is 62.1 Å². The third-order valence-corrected chi connectivity index (χ3v) is 5.22. The molecule has 1 aliphatic heterocycles. The van der Waals surface area contributed by atoms with E-state index in [0.717, 1.165) is 6.07 Å². The van der Waals surface area contributed by atoms with Crippen LogP contribution in [0.4, 0.5) is 11.4 Å². The molecule has 9 heteroatoms. The Labute approximate surface area is 169 Å². The van der Waals surface area contributed by atoms with Crippen LogP contribution >= 0.6 is 15.9 Å². The fraction of sp³-hybridized carbons (Fsp3) is 0.263. The molecule has 0 saturated heterocycles. The third kappa shape index (κ3) is 3.16. The monoisotopic (exact) mass is 448 g/mol. The highest BCUT2D eigenvalue weighted by Crippen LogP contribution is 2.44. The summed E-state index contributed by atoms with van der Waals surface area (Å²) in [6.45, 7) is 2.10. The Bertz CT molecular complexity index is 992. The summed E-state index contributed by atoms with van der Waals surface area (Å²) < 4.78 is 5.59. The summed E-state index contributed by atoms with van der Waals surface area (Å²) in [5, 5.41) is 22.4. The van der Waals surface area contributed by atoms with Crippen LogP contribution in [0.25, 0.3) is 0 Å². The fourth-order valence-electron chi connectivity index (χ4n) is 3.35. The van der Waals surface area contributed by atoms with Crippen LogP contribution in [0, 0.1) is 10.1 Å². The molecule has 0 spiro atoms. The van der Waals surface area contributed by atoms with Crippen molar-refractivity contribution < 1.29 is 24.4 Å². The average molecular weight is 449 g/mol. The summed E-state index contributed by atoms with van der Waals surface area (Å²) in [7, 11) is 1.29. The second-order valence-electron chi connectivity index (χ2n) is 6.31. The number of anilines is 1. The van der Waals surface area contributed by atoms with Crippen molar-refractivity contribution in [2.24, 2.45) is 0 Å². The largest absolute Gasteiger partial charge is 0.490 e. The van der Waals surface area contributed by atoms with Crippen LogP contribution in [0.2, 0.25) is 0 Å². The molecule has 2 aromatic rings. The number of nitro groups is 1. The number of rotatable bonds is 6. The molecule has 1 amide bonds. The Morgan fingerprint density at radius 2 is 2.04 bits per heavy atom. The summed E-state index contributed by atoms with van der Waals surface area (Å²) in [6.07, 6.45) is -0.532. The number of likely N-dealkylation sites (N-methyl/N-ethyl adjacent to an activating group) is 1. The first-order chi connectivity index (χ1) is 13.2. The van der Waals surface area contributed by atoms with E-state index in [0.29, 0.717) is 22.3 Å². The molecule has 146 valence electrons. The summed E-state index contributed by atoms with van der Waals surface area (Å²) in [5.41, 5.74) is -1.53. The van der Waals surface area contributed by atoms with Gasteiger partial charge < -0.3 is 14.7 Å². The van der Waals surface area contributed by atoms with Gasteiger partial charge in [0.25, 0.3) is 5.91 Å². The summed E-state index contributed by atoms with van der Waals surface area (Å²) in [4.78, 5) is 37.6. The molecule has 0 aromatic heterocycles. The van der Waals surface area contributed by atoms with Crippen molar-refractivity contribution in [3.8, 4) is 5.75 Å². The van der Waals surface area contributed by atoms with E-state index in [4.69, 9.17) is 4.74 Å². The van der Waals surface area contributed by atoms with Gasteiger partial charge in [0.1, 0.15) is 0 Å². The second kappa shape index (κ2) is 7.33. The van der Waals surface area contributed by atoms with Gasteiger partial charge in [-0.25, -0.2) is 0 Å². The molecule has 8 nitrogen and oxygen atoms in total. The summed E-state index contributed by atoms with van der Waals surface area (Å²) in [5.74, 6) is -1.17. The topological polar surface area (TPSA) is 110 Å². The minimum absolute atomic E-state index is 0.0141. The molecular weight excluding hydrogens is 432 g/mol. The van der Waals surface area contributed by atoms with Crippen molar-refractivity contribution in [2.75, 3.05) is 18.6 Å². The van der Waals surface area contributed by atoms with E-state index < -0.39 is 28.6 Å². The first-order valence-electron chi connectivity index (χ1n) is 8.43. The van der Waals surface area contributed by atoms with Gasteiger partial charge in [-0.15, -0.1) is 0 Å². The number of ketones is 1. The van der Waals surface area contributed by atoms with Gasteiger partial charge in [-0.05, 0) is 37.3 Å². The van der Waals surface area contributed by atoms with Gasteiger partial charge in [-0.1, -0.05) is 15.9 Å². The number of hydrogen-bond acceptors (Lipinski definition) is 6. The first-order valence-corrected chi connectivity index (χ1v) is 9.22. The van der Waals surface area contributed by atoms with Crippen molar-refractivity contribution in [1.29, 1.82) is 0 Å². The lowest BCUT2D eigenvalue weighted by atomic mass is 9.88. The van der Waals surface area contributed by atoms with Gasteiger partial charge >= 0.3 is 5.69 Å². The maximum Gasteiger partial charge on any atom is 0.311 e. The summed E-state index contributed by atoms with van der Waals surface area (Å²) >= 11 is 3.32. The van der Waals surface area contributed by atoms with Gasteiger partial charge in [0, 0.05) is 28.2 Å². The van der Waals surface area contributed by atoms with Gasteiger partial charge in [-0.3, -0.25) is 19.7 Å². The number of carbonyl (C=O) groups excluding carboxylic acids is 2. The van der Waals surface area contributed by atoms with Crippen molar-refractivity contribution in [2.45, 2.75) is 18.9 Å². The van der Waals surface area contributed by atoms with E-state index in [9.17, 15) is 24.8 Å². The molecule has 0 radical (unpaired) electrons. The van der Waals surface area contributed by atoms with Crippen LogP contribution in [-0.2, 0) is 10.4 Å². The SMILES string of the molecule is CCN1C(=O)[C@@](O)(CC(=O)c2ccc(OC)c([N+](=O)[O-])c2)c2cc(Br)ccc21. The molecule has 0 aliphatic carbocycles. The number of carbonyl (C=O) groups is 2. The Morgan fingerprint density at radius 3 is 2.64 bits per heavy atom. The summed E-state index contributed by atoms with van der Waals surface area (Å²) in [6, 6.07) is 8.82. The standard InChI is InChI=1S/C19H17BrN2O6/c1-3-21-14-6-5-12(20)9-13(14)19(25,18(21)24)10-16(23)11-4-7-17(28-2)15(8-11)22(26)27/h4-9,25H,3,10H2,1-2H3/t19-/m1/s1. The van der Waals surface area contributed by atoms with Crippen LogP contribution in [-0.4, -0.2) is 35.4 Å². The van der Waals surface area contributed by atoms with Gasteiger partial charge in [0.15, 0.2) is 17.1 Å². The minimum atomic E-state index is -2.04. The lowest BCUT2D eigenvalue weighted by Crippen LogP contribution is -2.41. The molecule has 1 N–H and O–H groups in total. The molecule has 3 rings (SSSR count). The van der Waals surface area contributed by atoms with E-state index in [-0.39, 0.29) is 17.0 Å². The average Bonchev–Trinajstić information content (AvgIpc) is 2.87. The molecule has 2 aromatic carbocycles. The maximum atomic E-state index is 12.8. The quantitative estimate of drug-likeness (QED) is 0.412. The number of aliphatic hydroxyl groups is 1. The van der Waals surface area contributed by atoms with Crippen molar-refractivity contribution >= 4 is 39.0 Å². The van der Waals surface area contributed by atoms with Crippen molar-refractivity contribution in [3.63, 3.8) is 0 Å². The molecule has 0 bridgehead atoms.